The van der Waals surface area contributed by atoms with Gasteiger partial charge in [0.1, 0.15) is 5.82 Å². The summed E-state index contributed by atoms with van der Waals surface area (Å²) in [6.07, 6.45) is 0.763. The molecule has 0 aliphatic rings. The molecule has 1 aromatic heterocycles. The molecule has 1 unspecified atom stereocenters. The molecule has 0 aliphatic heterocycles. The molecule has 0 aliphatic carbocycles. The minimum atomic E-state index is -0.301. The number of hydrogen-bond acceptors (Lipinski definition) is 5. The molecule has 2 aromatic carbocycles. The van der Waals surface area contributed by atoms with Crippen LogP contribution in [0.15, 0.2) is 54.6 Å². The van der Waals surface area contributed by atoms with Crippen molar-refractivity contribution >= 4 is 17.6 Å². The van der Waals surface area contributed by atoms with E-state index in [4.69, 9.17) is 31.2 Å². The first-order chi connectivity index (χ1) is 14.1. The van der Waals surface area contributed by atoms with Crippen LogP contribution in [-0.2, 0) is 20.7 Å². The molecule has 7 heteroatoms. The van der Waals surface area contributed by atoms with Crippen molar-refractivity contribution in [2.75, 3.05) is 20.3 Å². The molecule has 0 amide bonds. The molecular formula is C22H24ClN3O3. The van der Waals surface area contributed by atoms with Crippen LogP contribution >= 0.6 is 11.6 Å². The third kappa shape index (κ3) is 5.43. The lowest BCUT2D eigenvalue weighted by atomic mass is 9.95. The summed E-state index contributed by atoms with van der Waals surface area (Å²) in [6.45, 7) is 2.65. The Kier molecular flexibility index (Phi) is 7.38. The summed E-state index contributed by atoms with van der Waals surface area (Å²) in [5.74, 6) is 0.756. The number of carbonyl (C=O) groups excluding carboxylic acids is 1. The Morgan fingerprint density at radius 1 is 1.14 bits per heavy atom. The summed E-state index contributed by atoms with van der Waals surface area (Å²) in [5.41, 5.74) is 1.81. The zero-order valence-corrected chi connectivity index (χ0v) is 17.3. The highest BCUT2D eigenvalue weighted by Gasteiger charge is 2.25. The van der Waals surface area contributed by atoms with Crippen molar-refractivity contribution in [2.45, 2.75) is 25.7 Å². The van der Waals surface area contributed by atoms with Crippen LogP contribution in [-0.4, -0.2) is 41.1 Å². The topological polar surface area (TPSA) is 66.2 Å². The highest BCUT2D eigenvalue weighted by molar-refractivity contribution is 6.30. The molecule has 0 bridgehead atoms. The highest BCUT2D eigenvalue weighted by Crippen LogP contribution is 2.27. The van der Waals surface area contributed by atoms with Gasteiger partial charge in [0.15, 0.2) is 5.82 Å². The number of aromatic nitrogens is 3. The lowest BCUT2D eigenvalue weighted by molar-refractivity contribution is -0.143. The van der Waals surface area contributed by atoms with Gasteiger partial charge < -0.3 is 9.47 Å². The second-order valence-corrected chi connectivity index (χ2v) is 6.93. The van der Waals surface area contributed by atoms with Crippen molar-refractivity contribution in [1.29, 1.82) is 0 Å². The molecule has 0 radical (unpaired) electrons. The molecule has 0 saturated heterocycles. The predicted molar refractivity (Wildman–Crippen MR) is 111 cm³/mol. The van der Waals surface area contributed by atoms with Crippen LogP contribution in [0.4, 0.5) is 0 Å². The van der Waals surface area contributed by atoms with E-state index < -0.39 is 0 Å². The number of nitrogens with zero attached hydrogens (tertiary/aromatic N) is 3. The number of hydrogen-bond donors (Lipinski definition) is 0. The fourth-order valence-corrected chi connectivity index (χ4v) is 3.21. The zero-order valence-electron chi connectivity index (χ0n) is 16.5. The third-order valence-electron chi connectivity index (χ3n) is 4.48. The van der Waals surface area contributed by atoms with Gasteiger partial charge >= 0.3 is 5.97 Å². The molecular weight excluding hydrogens is 390 g/mol. The summed E-state index contributed by atoms with van der Waals surface area (Å²) in [5, 5.41) is 5.40. The average Bonchev–Trinajstić information content (AvgIpc) is 3.15. The number of benzene rings is 2. The van der Waals surface area contributed by atoms with Crippen LogP contribution in [0.3, 0.4) is 0 Å². The van der Waals surface area contributed by atoms with Gasteiger partial charge in [-0.1, -0.05) is 41.9 Å². The van der Waals surface area contributed by atoms with E-state index in [0.717, 1.165) is 17.1 Å². The van der Waals surface area contributed by atoms with Crippen LogP contribution < -0.4 is 0 Å². The first kappa shape index (κ1) is 21.0. The molecule has 152 valence electrons. The second kappa shape index (κ2) is 10.2. The summed E-state index contributed by atoms with van der Waals surface area (Å²) in [4.78, 5) is 17.0. The van der Waals surface area contributed by atoms with Gasteiger partial charge in [-0.3, -0.25) is 4.79 Å². The molecule has 3 aromatic rings. The number of methoxy groups -OCH3 is 1. The molecule has 1 heterocycles. The van der Waals surface area contributed by atoms with Crippen LogP contribution in [0.1, 0.15) is 36.5 Å². The van der Waals surface area contributed by atoms with E-state index in [2.05, 4.69) is 0 Å². The Morgan fingerprint density at radius 2 is 1.86 bits per heavy atom. The van der Waals surface area contributed by atoms with Crippen molar-refractivity contribution in [2.24, 2.45) is 0 Å². The number of halogens is 1. The van der Waals surface area contributed by atoms with E-state index in [1.807, 2.05) is 54.6 Å². The maximum absolute atomic E-state index is 12.3. The molecule has 1 atom stereocenters. The van der Waals surface area contributed by atoms with E-state index >= 15 is 0 Å². The second-order valence-electron chi connectivity index (χ2n) is 6.49. The Hall–Kier alpha value is -2.70. The van der Waals surface area contributed by atoms with Crippen molar-refractivity contribution in [1.82, 2.24) is 14.8 Å². The van der Waals surface area contributed by atoms with Gasteiger partial charge in [-0.05, 0) is 36.8 Å². The maximum atomic E-state index is 12.3. The summed E-state index contributed by atoms with van der Waals surface area (Å²) >= 11 is 6.03. The first-order valence-electron chi connectivity index (χ1n) is 9.53. The average molecular weight is 414 g/mol. The summed E-state index contributed by atoms with van der Waals surface area (Å²) in [7, 11) is 1.65. The van der Waals surface area contributed by atoms with Crippen molar-refractivity contribution in [3.8, 4) is 5.69 Å². The van der Waals surface area contributed by atoms with Crippen LogP contribution in [0, 0.1) is 0 Å². The fourth-order valence-electron chi connectivity index (χ4n) is 3.08. The summed E-state index contributed by atoms with van der Waals surface area (Å²) in [6, 6.07) is 17.2. The Labute approximate surface area is 175 Å². The van der Waals surface area contributed by atoms with Crippen LogP contribution in [0.25, 0.3) is 5.69 Å². The number of carbonyl (C=O) groups is 1. The normalized spacial score (nSPS) is 12.0. The number of rotatable bonds is 9. The number of ether oxygens (including phenoxy) is 2. The SMILES string of the molecule is CCOC(=O)CC(c1ccccc1)c1nc(CCOC)n(-c2ccc(Cl)cc2)n1. The van der Waals surface area contributed by atoms with Gasteiger partial charge in [0.25, 0.3) is 0 Å². The van der Waals surface area contributed by atoms with Gasteiger partial charge in [-0.2, -0.15) is 5.10 Å². The smallest absolute Gasteiger partial charge is 0.306 e. The van der Waals surface area contributed by atoms with Gasteiger partial charge in [0, 0.05) is 18.6 Å². The number of esters is 1. The van der Waals surface area contributed by atoms with E-state index in [1.54, 1.807) is 18.7 Å². The van der Waals surface area contributed by atoms with Crippen molar-refractivity contribution < 1.29 is 14.3 Å². The lowest BCUT2D eigenvalue weighted by Gasteiger charge is -2.13. The van der Waals surface area contributed by atoms with Crippen molar-refractivity contribution in [3.63, 3.8) is 0 Å². The molecule has 29 heavy (non-hydrogen) atoms. The highest BCUT2D eigenvalue weighted by atomic mass is 35.5. The molecule has 0 saturated carbocycles. The van der Waals surface area contributed by atoms with E-state index in [1.165, 1.54) is 0 Å². The first-order valence-corrected chi connectivity index (χ1v) is 9.91. The van der Waals surface area contributed by atoms with Gasteiger partial charge in [-0.25, -0.2) is 9.67 Å². The van der Waals surface area contributed by atoms with Crippen LogP contribution in [0.2, 0.25) is 5.02 Å². The van der Waals surface area contributed by atoms with E-state index in [9.17, 15) is 4.79 Å². The Bertz CT molecular complexity index is 926. The van der Waals surface area contributed by atoms with E-state index in [-0.39, 0.29) is 18.3 Å². The van der Waals surface area contributed by atoms with Gasteiger partial charge in [-0.15, -0.1) is 0 Å². The maximum Gasteiger partial charge on any atom is 0.306 e. The fraction of sp³-hybridized carbons (Fsp3) is 0.318. The molecule has 3 rings (SSSR count). The Balaban J connectivity index is 2.02. The Morgan fingerprint density at radius 3 is 2.52 bits per heavy atom. The molecule has 6 nitrogen and oxygen atoms in total. The predicted octanol–water partition coefficient (Wildman–Crippen LogP) is 4.19. The monoisotopic (exact) mass is 413 g/mol. The van der Waals surface area contributed by atoms with Gasteiger partial charge in [0.05, 0.1) is 31.2 Å². The lowest BCUT2D eigenvalue weighted by Crippen LogP contribution is -2.13. The minimum Gasteiger partial charge on any atom is -0.466 e. The standard InChI is InChI=1S/C22H24ClN3O3/c1-3-29-21(27)15-19(16-7-5-4-6-8-16)22-24-20(13-14-28-2)26(25-22)18-11-9-17(23)10-12-18/h4-12,19H,3,13-15H2,1-2H3. The largest absolute Gasteiger partial charge is 0.466 e. The zero-order chi connectivity index (χ0) is 20.6. The van der Waals surface area contributed by atoms with E-state index in [0.29, 0.717) is 30.5 Å². The van der Waals surface area contributed by atoms with Crippen LogP contribution in [0.5, 0.6) is 0 Å². The molecule has 0 N–H and O–H groups in total. The summed E-state index contributed by atoms with van der Waals surface area (Å²) < 4.78 is 12.2. The van der Waals surface area contributed by atoms with Gasteiger partial charge in [0.2, 0.25) is 0 Å². The molecule has 0 fully saturated rings. The quantitative estimate of drug-likeness (QED) is 0.492. The third-order valence-corrected chi connectivity index (χ3v) is 4.73. The minimum absolute atomic E-state index is 0.173. The molecule has 0 spiro atoms. The van der Waals surface area contributed by atoms with Crippen molar-refractivity contribution in [3.05, 3.63) is 76.8 Å².